The molecule has 0 saturated carbocycles. The highest BCUT2D eigenvalue weighted by Gasteiger charge is 2.23. The normalized spacial score (nSPS) is 26.7. The summed E-state index contributed by atoms with van der Waals surface area (Å²) in [5.41, 5.74) is 1.42. The van der Waals surface area contributed by atoms with Crippen LogP contribution in [0.3, 0.4) is 0 Å². The first-order valence-electron chi connectivity index (χ1n) is 6.63. The van der Waals surface area contributed by atoms with E-state index in [0.717, 1.165) is 25.9 Å². The van der Waals surface area contributed by atoms with Crippen LogP contribution in [0.15, 0.2) is 30.3 Å². The number of ether oxygens (including phenoxy) is 1. The van der Waals surface area contributed by atoms with E-state index in [2.05, 4.69) is 42.6 Å². The molecule has 2 nitrogen and oxygen atoms in total. The van der Waals surface area contributed by atoms with Gasteiger partial charge in [0.2, 0.25) is 0 Å². The molecule has 3 unspecified atom stereocenters. The number of rotatable bonds is 4. The third-order valence-corrected chi connectivity index (χ3v) is 3.76. The lowest BCUT2D eigenvalue weighted by Gasteiger charge is -2.31. The van der Waals surface area contributed by atoms with Crippen LogP contribution in [0.5, 0.6) is 0 Å². The third kappa shape index (κ3) is 3.55. The highest BCUT2D eigenvalue weighted by molar-refractivity contribution is 5.18. The van der Waals surface area contributed by atoms with E-state index < -0.39 is 0 Å². The van der Waals surface area contributed by atoms with Crippen molar-refractivity contribution < 1.29 is 4.74 Å². The summed E-state index contributed by atoms with van der Waals surface area (Å²) in [6.45, 7) is 3.19. The zero-order valence-corrected chi connectivity index (χ0v) is 10.9. The molecule has 94 valence electrons. The highest BCUT2D eigenvalue weighted by atomic mass is 16.5. The van der Waals surface area contributed by atoms with Crippen molar-refractivity contribution in [1.82, 2.24) is 5.32 Å². The minimum Gasteiger partial charge on any atom is -0.378 e. The molecule has 1 N–H and O–H groups in total. The Morgan fingerprint density at radius 1 is 1.35 bits per heavy atom. The number of hydrogen-bond donors (Lipinski definition) is 1. The fourth-order valence-corrected chi connectivity index (χ4v) is 2.62. The molecule has 1 heterocycles. The summed E-state index contributed by atoms with van der Waals surface area (Å²) in [5, 5.41) is 3.37. The van der Waals surface area contributed by atoms with Gasteiger partial charge in [-0.1, -0.05) is 37.3 Å². The molecule has 1 aliphatic rings. The smallest absolute Gasteiger partial charge is 0.0595 e. The van der Waals surface area contributed by atoms with Gasteiger partial charge in [0.1, 0.15) is 0 Å². The monoisotopic (exact) mass is 233 g/mol. The Morgan fingerprint density at radius 3 is 2.82 bits per heavy atom. The van der Waals surface area contributed by atoms with Crippen LogP contribution in [0.2, 0.25) is 0 Å². The lowest BCUT2D eigenvalue weighted by molar-refractivity contribution is -0.00467. The van der Waals surface area contributed by atoms with Gasteiger partial charge in [0.05, 0.1) is 6.10 Å². The van der Waals surface area contributed by atoms with Gasteiger partial charge in [0.15, 0.2) is 0 Å². The molecule has 17 heavy (non-hydrogen) atoms. The Bertz CT molecular complexity index is 325. The summed E-state index contributed by atoms with van der Waals surface area (Å²) >= 11 is 0. The Labute approximate surface area is 104 Å². The van der Waals surface area contributed by atoms with E-state index in [0.29, 0.717) is 18.1 Å². The molecule has 0 radical (unpaired) electrons. The molecule has 0 bridgehead atoms. The van der Waals surface area contributed by atoms with Gasteiger partial charge >= 0.3 is 0 Å². The second-order valence-corrected chi connectivity index (χ2v) is 5.05. The van der Waals surface area contributed by atoms with Crippen LogP contribution >= 0.6 is 0 Å². The van der Waals surface area contributed by atoms with Crippen molar-refractivity contribution in [2.45, 2.75) is 44.2 Å². The van der Waals surface area contributed by atoms with Crippen LogP contribution in [-0.4, -0.2) is 25.8 Å². The minimum absolute atomic E-state index is 0.413. The highest BCUT2D eigenvalue weighted by Crippen LogP contribution is 2.26. The van der Waals surface area contributed by atoms with Crippen molar-refractivity contribution >= 4 is 0 Å². The van der Waals surface area contributed by atoms with Crippen LogP contribution in [0.1, 0.15) is 37.7 Å². The summed E-state index contributed by atoms with van der Waals surface area (Å²) in [4.78, 5) is 0. The zero-order chi connectivity index (χ0) is 12.1. The van der Waals surface area contributed by atoms with Gasteiger partial charge in [0.25, 0.3) is 0 Å². The van der Waals surface area contributed by atoms with Gasteiger partial charge in [-0.3, -0.25) is 0 Å². The van der Waals surface area contributed by atoms with E-state index in [4.69, 9.17) is 4.74 Å². The summed E-state index contributed by atoms with van der Waals surface area (Å²) in [6, 6.07) is 11.4. The Kier molecular flexibility index (Phi) is 4.57. The first-order chi connectivity index (χ1) is 8.29. The van der Waals surface area contributed by atoms with E-state index >= 15 is 0 Å². The van der Waals surface area contributed by atoms with Gasteiger partial charge in [-0.15, -0.1) is 0 Å². The maximum atomic E-state index is 5.86. The molecule has 1 aliphatic heterocycles. The Balaban J connectivity index is 1.88. The fraction of sp³-hybridized carbons (Fsp3) is 0.600. The summed E-state index contributed by atoms with van der Waals surface area (Å²) < 4.78 is 5.86. The molecule has 3 atom stereocenters. The predicted molar refractivity (Wildman–Crippen MR) is 71.3 cm³/mol. The molecule has 1 saturated heterocycles. The lowest BCUT2D eigenvalue weighted by Crippen LogP contribution is -2.37. The van der Waals surface area contributed by atoms with E-state index in [9.17, 15) is 0 Å². The van der Waals surface area contributed by atoms with Crippen LogP contribution < -0.4 is 5.32 Å². The number of nitrogens with one attached hydrogen (secondary N) is 1. The van der Waals surface area contributed by atoms with Crippen LogP contribution in [-0.2, 0) is 4.74 Å². The second-order valence-electron chi connectivity index (χ2n) is 5.05. The third-order valence-electron chi connectivity index (χ3n) is 3.76. The molecule has 0 aromatic heterocycles. The molecule has 0 aliphatic carbocycles. The fourth-order valence-electron chi connectivity index (χ4n) is 2.62. The lowest BCUT2D eigenvalue weighted by atomic mass is 9.91. The van der Waals surface area contributed by atoms with E-state index in [1.807, 2.05) is 7.05 Å². The Hall–Kier alpha value is -0.860. The van der Waals surface area contributed by atoms with Crippen molar-refractivity contribution in [3.8, 4) is 0 Å². The van der Waals surface area contributed by atoms with Crippen molar-refractivity contribution in [3.63, 3.8) is 0 Å². The van der Waals surface area contributed by atoms with Gasteiger partial charge in [0, 0.05) is 12.6 Å². The van der Waals surface area contributed by atoms with Crippen molar-refractivity contribution in [3.05, 3.63) is 35.9 Å². The standard InChI is InChI=1S/C15H23NO/c1-12(13-6-4-3-5-7-13)10-15-11-14(16-2)8-9-17-15/h3-7,12,14-16H,8-11H2,1-2H3. The maximum absolute atomic E-state index is 5.86. The molecule has 1 fully saturated rings. The minimum atomic E-state index is 0.413. The predicted octanol–water partition coefficient (Wildman–Crippen LogP) is 2.95. The summed E-state index contributed by atoms with van der Waals surface area (Å²) in [5.74, 6) is 0.580. The van der Waals surface area contributed by atoms with E-state index in [1.54, 1.807) is 0 Å². The van der Waals surface area contributed by atoms with Gasteiger partial charge in [-0.05, 0) is 37.8 Å². The zero-order valence-electron chi connectivity index (χ0n) is 10.9. The molecular weight excluding hydrogens is 210 g/mol. The summed E-state index contributed by atoms with van der Waals surface area (Å²) in [6.07, 6.45) is 3.83. The van der Waals surface area contributed by atoms with Crippen LogP contribution in [0.25, 0.3) is 0 Å². The van der Waals surface area contributed by atoms with E-state index in [-0.39, 0.29) is 0 Å². The maximum Gasteiger partial charge on any atom is 0.0595 e. The Morgan fingerprint density at radius 2 is 2.12 bits per heavy atom. The first kappa shape index (κ1) is 12.6. The van der Waals surface area contributed by atoms with Gasteiger partial charge in [-0.25, -0.2) is 0 Å². The number of benzene rings is 1. The largest absolute Gasteiger partial charge is 0.378 e. The summed E-state index contributed by atoms with van der Waals surface area (Å²) in [7, 11) is 2.05. The SMILES string of the molecule is CNC1CCOC(CC(C)c2ccccc2)C1. The van der Waals surface area contributed by atoms with Crippen LogP contribution in [0.4, 0.5) is 0 Å². The second kappa shape index (κ2) is 6.18. The quantitative estimate of drug-likeness (QED) is 0.863. The van der Waals surface area contributed by atoms with Crippen molar-refractivity contribution in [2.75, 3.05) is 13.7 Å². The molecule has 2 rings (SSSR count). The average Bonchev–Trinajstić information content (AvgIpc) is 2.40. The van der Waals surface area contributed by atoms with Gasteiger partial charge < -0.3 is 10.1 Å². The van der Waals surface area contributed by atoms with Crippen LogP contribution in [0, 0.1) is 0 Å². The molecule has 2 heteroatoms. The van der Waals surface area contributed by atoms with E-state index in [1.165, 1.54) is 5.56 Å². The molecule has 0 spiro atoms. The van der Waals surface area contributed by atoms with Crippen molar-refractivity contribution in [1.29, 1.82) is 0 Å². The molecular formula is C15H23NO. The van der Waals surface area contributed by atoms with Crippen molar-refractivity contribution in [2.24, 2.45) is 0 Å². The number of hydrogen-bond acceptors (Lipinski definition) is 2. The topological polar surface area (TPSA) is 21.3 Å². The molecule has 0 amide bonds. The molecule has 1 aromatic rings. The average molecular weight is 233 g/mol. The van der Waals surface area contributed by atoms with Gasteiger partial charge in [-0.2, -0.15) is 0 Å². The molecule has 1 aromatic carbocycles. The first-order valence-corrected chi connectivity index (χ1v) is 6.63.